The summed E-state index contributed by atoms with van der Waals surface area (Å²) < 4.78 is 5.49. The third kappa shape index (κ3) is 3.63. The minimum atomic E-state index is -0.336. The molecule has 1 amide bonds. The van der Waals surface area contributed by atoms with Crippen molar-refractivity contribution in [2.75, 3.05) is 23.5 Å². The number of fused-ring (bicyclic) bond motifs is 2. The summed E-state index contributed by atoms with van der Waals surface area (Å²) in [6, 6.07) is 18.7. The number of anilines is 4. The summed E-state index contributed by atoms with van der Waals surface area (Å²) in [5, 5.41) is 15.8. The molecular formula is C23H19N7O2. The molecule has 9 heteroatoms. The van der Waals surface area contributed by atoms with Gasteiger partial charge < -0.3 is 21.1 Å². The van der Waals surface area contributed by atoms with E-state index >= 15 is 0 Å². The number of hydrogen-bond acceptors (Lipinski definition) is 7. The Morgan fingerprint density at radius 1 is 1.03 bits per heavy atom. The zero-order valence-corrected chi connectivity index (χ0v) is 17.1. The molecule has 32 heavy (non-hydrogen) atoms. The van der Waals surface area contributed by atoms with Gasteiger partial charge in [0.2, 0.25) is 5.95 Å². The van der Waals surface area contributed by atoms with E-state index < -0.39 is 0 Å². The number of rotatable bonds is 5. The van der Waals surface area contributed by atoms with Crippen LogP contribution in [0.3, 0.4) is 0 Å². The van der Waals surface area contributed by atoms with Crippen LogP contribution >= 0.6 is 0 Å². The Bertz CT molecular complexity index is 1460. The first-order valence-electron chi connectivity index (χ1n) is 9.82. The molecule has 3 aromatic carbocycles. The molecule has 0 radical (unpaired) electrons. The Kier molecular flexibility index (Phi) is 4.75. The van der Waals surface area contributed by atoms with Gasteiger partial charge in [-0.05, 0) is 35.7 Å². The van der Waals surface area contributed by atoms with E-state index in [2.05, 4.69) is 30.8 Å². The fourth-order valence-electron chi connectivity index (χ4n) is 3.56. The van der Waals surface area contributed by atoms with E-state index in [9.17, 15) is 4.79 Å². The van der Waals surface area contributed by atoms with Crippen molar-refractivity contribution in [3.8, 4) is 5.75 Å². The zero-order chi connectivity index (χ0) is 22.1. The molecule has 5 aromatic rings. The first-order chi connectivity index (χ1) is 15.6. The number of carbonyl (C=O) groups excluding carboxylic acids is 1. The van der Waals surface area contributed by atoms with E-state index in [1.807, 2.05) is 48.5 Å². The second-order valence-electron chi connectivity index (χ2n) is 7.11. The minimum Gasteiger partial charge on any atom is -0.496 e. The molecule has 9 nitrogen and oxygen atoms in total. The predicted octanol–water partition coefficient (Wildman–Crippen LogP) is 4.09. The number of H-pyrrole nitrogens is 1. The van der Waals surface area contributed by atoms with Gasteiger partial charge in [-0.25, -0.2) is 4.98 Å². The van der Waals surface area contributed by atoms with Gasteiger partial charge in [0.15, 0.2) is 5.69 Å². The summed E-state index contributed by atoms with van der Waals surface area (Å²) in [7, 11) is 1.61. The molecule has 0 saturated carbocycles. The SMILES string of the molecule is COc1cc(NC(=O)c2n[nH]c3ccc(Nc4ccnc(N)n4)cc23)cc2ccccc12. The second-order valence-corrected chi connectivity index (χ2v) is 7.11. The molecule has 0 saturated heterocycles. The highest BCUT2D eigenvalue weighted by Gasteiger charge is 2.16. The van der Waals surface area contributed by atoms with E-state index in [4.69, 9.17) is 10.5 Å². The van der Waals surface area contributed by atoms with Crippen molar-refractivity contribution in [3.63, 3.8) is 0 Å². The summed E-state index contributed by atoms with van der Waals surface area (Å²) >= 11 is 0. The van der Waals surface area contributed by atoms with Gasteiger partial charge in [-0.15, -0.1) is 0 Å². The third-order valence-corrected chi connectivity index (χ3v) is 5.03. The van der Waals surface area contributed by atoms with Crippen LogP contribution in [0.4, 0.5) is 23.1 Å². The molecule has 2 aromatic heterocycles. The van der Waals surface area contributed by atoms with Gasteiger partial charge in [-0.1, -0.05) is 24.3 Å². The lowest BCUT2D eigenvalue weighted by atomic mass is 10.1. The number of hydrogen-bond donors (Lipinski definition) is 4. The van der Waals surface area contributed by atoms with Crippen LogP contribution in [-0.2, 0) is 0 Å². The van der Waals surface area contributed by atoms with Crippen molar-refractivity contribution in [3.05, 3.63) is 72.6 Å². The average molecular weight is 425 g/mol. The summed E-state index contributed by atoms with van der Waals surface area (Å²) in [5.41, 5.74) is 8.00. The molecule has 0 aliphatic heterocycles. The van der Waals surface area contributed by atoms with Crippen molar-refractivity contribution in [1.29, 1.82) is 0 Å². The molecule has 158 valence electrons. The van der Waals surface area contributed by atoms with Crippen LogP contribution < -0.4 is 21.1 Å². The number of benzene rings is 3. The number of ether oxygens (including phenoxy) is 1. The highest BCUT2D eigenvalue weighted by atomic mass is 16.5. The molecule has 2 heterocycles. The number of aromatic amines is 1. The predicted molar refractivity (Wildman–Crippen MR) is 124 cm³/mol. The number of nitrogens with two attached hydrogens (primary N) is 1. The Morgan fingerprint density at radius 2 is 1.91 bits per heavy atom. The van der Waals surface area contributed by atoms with Gasteiger partial charge in [-0.3, -0.25) is 9.89 Å². The van der Waals surface area contributed by atoms with Crippen LogP contribution in [0.15, 0.2) is 66.9 Å². The highest BCUT2D eigenvalue weighted by molar-refractivity contribution is 6.12. The molecule has 0 bridgehead atoms. The lowest BCUT2D eigenvalue weighted by Crippen LogP contribution is -2.13. The van der Waals surface area contributed by atoms with Gasteiger partial charge in [0.1, 0.15) is 11.6 Å². The minimum absolute atomic E-state index is 0.172. The molecule has 0 aliphatic carbocycles. The fraction of sp³-hybridized carbons (Fsp3) is 0.0435. The number of carbonyl (C=O) groups is 1. The molecule has 0 atom stereocenters. The lowest BCUT2D eigenvalue weighted by molar-refractivity contribution is 0.102. The fourth-order valence-corrected chi connectivity index (χ4v) is 3.56. The molecule has 5 rings (SSSR count). The van der Waals surface area contributed by atoms with Gasteiger partial charge in [-0.2, -0.15) is 10.1 Å². The standard InChI is InChI=1S/C23H19N7O2/c1-32-19-12-15(10-13-4-2-3-5-16(13)19)27-22(31)21-17-11-14(6-7-18(17)29-30-21)26-20-8-9-25-23(24)28-20/h2-12H,1H3,(H,27,31)(H,29,30)(H3,24,25,26,28). The smallest absolute Gasteiger partial charge is 0.276 e. The third-order valence-electron chi connectivity index (χ3n) is 5.03. The van der Waals surface area contributed by atoms with Gasteiger partial charge >= 0.3 is 0 Å². The molecular weight excluding hydrogens is 406 g/mol. The summed E-state index contributed by atoms with van der Waals surface area (Å²) in [5.74, 6) is 1.07. The van der Waals surface area contributed by atoms with Gasteiger partial charge in [0.25, 0.3) is 5.91 Å². The first-order valence-corrected chi connectivity index (χ1v) is 9.82. The van der Waals surface area contributed by atoms with E-state index in [0.717, 1.165) is 22.0 Å². The quantitative estimate of drug-likeness (QED) is 0.333. The van der Waals surface area contributed by atoms with Crippen molar-refractivity contribution >= 4 is 50.7 Å². The molecule has 0 aliphatic rings. The number of amides is 1. The number of nitrogen functional groups attached to an aromatic ring is 1. The largest absolute Gasteiger partial charge is 0.496 e. The summed E-state index contributed by atoms with van der Waals surface area (Å²) in [6.45, 7) is 0. The number of nitrogens with one attached hydrogen (secondary N) is 3. The average Bonchev–Trinajstić information content (AvgIpc) is 3.22. The Labute approximate surface area is 182 Å². The molecule has 0 unspecified atom stereocenters. The Balaban J connectivity index is 1.45. The van der Waals surface area contributed by atoms with Gasteiger partial charge in [0, 0.05) is 34.4 Å². The van der Waals surface area contributed by atoms with E-state index in [-0.39, 0.29) is 17.5 Å². The van der Waals surface area contributed by atoms with Crippen molar-refractivity contribution < 1.29 is 9.53 Å². The Morgan fingerprint density at radius 3 is 2.75 bits per heavy atom. The normalized spacial score (nSPS) is 10.9. The van der Waals surface area contributed by atoms with E-state index in [0.29, 0.717) is 22.6 Å². The van der Waals surface area contributed by atoms with Gasteiger partial charge in [0.05, 0.1) is 12.6 Å². The zero-order valence-electron chi connectivity index (χ0n) is 17.1. The monoisotopic (exact) mass is 425 g/mol. The highest BCUT2D eigenvalue weighted by Crippen LogP contribution is 2.30. The van der Waals surface area contributed by atoms with Crippen LogP contribution in [0.1, 0.15) is 10.5 Å². The second kappa shape index (κ2) is 7.88. The molecule has 0 fully saturated rings. The van der Waals surface area contributed by atoms with Crippen LogP contribution in [0.2, 0.25) is 0 Å². The van der Waals surface area contributed by atoms with E-state index in [1.54, 1.807) is 25.4 Å². The number of nitrogens with zero attached hydrogens (tertiary/aromatic N) is 3. The summed E-state index contributed by atoms with van der Waals surface area (Å²) in [6.07, 6.45) is 1.57. The maximum Gasteiger partial charge on any atom is 0.276 e. The van der Waals surface area contributed by atoms with E-state index in [1.165, 1.54) is 0 Å². The first kappa shape index (κ1) is 19.3. The Hall–Kier alpha value is -4.66. The molecule has 5 N–H and O–H groups in total. The van der Waals surface area contributed by atoms with Crippen molar-refractivity contribution in [2.45, 2.75) is 0 Å². The maximum absolute atomic E-state index is 13.0. The summed E-state index contributed by atoms with van der Waals surface area (Å²) in [4.78, 5) is 21.1. The van der Waals surface area contributed by atoms with Crippen LogP contribution in [0, 0.1) is 0 Å². The van der Waals surface area contributed by atoms with Crippen molar-refractivity contribution in [1.82, 2.24) is 20.2 Å². The topological polar surface area (TPSA) is 131 Å². The number of methoxy groups -OCH3 is 1. The van der Waals surface area contributed by atoms with Crippen molar-refractivity contribution in [2.24, 2.45) is 0 Å². The van der Waals surface area contributed by atoms with Crippen LogP contribution in [0.25, 0.3) is 21.7 Å². The lowest BCUT2D eigenvalue weighted by Gasteiger charge is -2.10. The molecule has 0 spiro atoms. The van der Waals surface area contributed by atoms with Crippen LogP contribution in [0.5, 0.6) is 5.75 Å². The maximum atomic E-state index is 13.0. The number of aromatic nitrogens is 4. The van der Waals surface area contributed by atoms with Crippen LogP contribution in [-0.4, -0.2) is 33.2 Å².